The summed E-state index contributed by atoms with van der Waals surface area (Å²) in [6, 6.07) is 23.1. The number of ether oxygens (including phenoxy) is 1. The van der Waals surface area contributed by atoms with Crippen molar-refractivity contribution in [2.24, 2.45) is 0 Å². The number of phenols is 3. The first-order valence-corrected chi connectivity index (χ1v) is 12.4. The van der Waals surface area contributed by atoms with Crippen molar-refractivity contribution in [3.63, 3.8) is 0 Å². The van der Waals surface area contributed by atoms with E-state index >= 15 is 0 Å². The third-order valence-corrected chi connectivity index (χ3v) is 7.84. The monoisotopic (exact) mass is 658 g/mol. The highest BCUT2D eigenvalue weighted by Crippen LogP contribution is 2.57. The van der Waals surface area contributed by atoms with Crippen LogP contribution in [0, 0.1) is 7.14 Å². The molecule has 0 saturated heterocycles. The average molecular weight is 658 g/mol. The third-order valence-electron chi connectivity index (χ3n) is 6.19. The molecule has 0 amide bonds. The summed E-state index contributed by atoms with van der Waals surface area (Å²) in [6.45, 7) is 0. The van der Waals surface area contributed by atoms with Gasteiger partial charge in [0, 0.05) is 17.0 Å². The number of rotatable bonds is 1. The molecule has 0 radical (unpaired) electrons. The molecule has 4 nitrogen and oxygen atoms in total. The third kappa shape index (κ3) is 3.14. The van der Waals surface area contributed by atoms with E-state index < -0.39 is 0 Å². The van der Waals surface area contributed by atoms with Crippen LogP contribution >= 0.6 is 45.2 Å². The molecule has 1 aliphatic heterocycles. The Labute approximate surface area is 216 Å². The van der Waals surface area contributed by atoms with Crippen LogP contribution < -0.4 is 4.74 Å². The van der Waals surface area contributed by atoms with Crippen LogP contribution in [0.3, 0.4) is 0 Å². The second-order valence-electron chi connectivity index (χ2n) is 8.09. The summed E-state index contributed by atoms with van der Waals surface area (Å²) >= 11 is 4.27. The lowest BCUT2D eigenvalue weighted by molar-refractivity contribution is 0.372. The van der Waals surface area contributed by atoms with Gasteiger partial charge in [0.05, 0.1) is 7.14 Å². The predicted molar refractivity (Wildman–Crippen MR) is 146 cm³/mol. The molecule has 0 saturated carbocycles. The van der Waals surface area contributed by atoms with Gasteiger partial charge in [-0.05, 0) is 96.6 Å². The van der Waals surface area contributed by atoms with Gasteiger partial charge >= 0.3 is 0 Å². The molecule has 0 atom stereocenters. The van der Waals surface area contributed by atoms with E-state index in [9.17, 15) is 15.3 Å². The highest BCUT2D eigenvalue weighted by atomic mass is 127. The quantitative estimate of drug-likeness (QED) is 0.159. The fourth-order valence-electron chi connectivity index (χ4n) is 4.80. The van der Waals surface area contributed by atoms with Crippen molar-refractivity contribution in [1.82, 2.24) is 0 Å². The van der Waals surface area contributed by atoms with Crippen LogP contribution in [0.15, 0.2) is 72.8 Å². The van der Waals surface area contributed by atoms with Crippen LogP contribution in [-0.2, 0) is 0 Å². The topological polar surface area (TPSA) is 69.9 Å². The molecule has 3 N–H and O–H groups in total. The van der Waals surface area contributed by atoms with E-state index in [4.69, 9.17) is 4.74 Å². The first-order chi connectivity index (χ1) is 15.9. The number of hydrogen-bond donors (Lipinski definition) is 3. The smallest absolute Gasteiger partial charge is 0.174 e. The summed E-state index contributed by atoms with van der Waals surface area (Å²) in [6.07, 6.45) is 0. The van der Waals surface area contributed by atoms with Gasteiger partial charge in [-0.25, -0.2) is 0 Å². The summed E-state index contributed by atoms with van der Waals surface area (Å²) in [4.78, 5) is 0. The Hall–Kier alpha value is -2.72. The fraction of sp³-hybridized carbons (Fsp3) is 0.0370. The van der Waals surface area contributed by atoms with Crippen LogP contribution in [0.5, 0.6) is 28.7 Å². The van der Waals surface area contributed by atoms with E-state index in [0.717, 1.165) is 45.4 Å². The summed E-state index contributed by atoms with van der Waals surface area (Å²) in [5.41, 5.74) is 2.62. The van der Waals surface area contributed by atoms with Gasteiger partial charge in [-0.3, -0.25) is 0 Å². The molecule has 0 spiro atoms. The number of fused-ring (bicyclic) bond motifs is 6. The number of aromatic hydroxyl groups is 3. The van der Waals surface area contributed by atoms with Crippen LogP contribution in [0.4, 0.5) is 0 Å². The molecule has 33 heavy (non-hydrogen) atoms. The van der Waals surface area contributed by atoms with Crippen molar-refractivity contribution in [1.29, 1.82) is 0 Å². The second kappa shape index (κ2) is 7.66. The molecular weight excluding hydrogens is 642 g/mol. The normalized spacial score (nSPS) is 13.0. The van der Waals surface area contributed by atoms with Gasteiger partial charge in [-0.15, -0.1) is 0 Å². The second-order valence-corrected chi connectivity index (χ2v) is 10.4. The lowest BCUT2D eigenvalue weighted by atomic mass is 9.78. The van der Waals surface area contributed by atoms with Gasteiger partial charge in [-0.1, -0.05) is 48.5 Å². The molecule has 5 aromatic rings. The molecule has 1 aliphatic rings. The Kier molecular flexibility index (Phi) is 4.84. The van der Waals surface area contributed by atoms with E-state index in [1.807, 2.05) is 60.7 Å². The maximum atomic E-state index is 11.0. The van der Waals surface area contributed by atoms with Gasteiger partial charge in [0.1, 0.15) is 5.75 Å². The first-order valence-electron chi connectivity index (χ1n) is 10.3. The molecule has 0 aromatic heterocycles. The zero-order chi connectivity index (χ0) is 22.9. The van der Waals surface area contributed by atoms with Gasteiger partial charge in [-0.2, -0.15) is 0 Å². The molecule has 6 heteroatoms. The highest BCUT2D eigenvalue weighted by Gasteiger charge is 2.36. The average Bonchev–Trinajstić information content (AvgIpc) is 2.81. The van der Waals surface area contributed by atoms with Crippen molar-refractivity contribution >= 4 is 66.7 Å². The minimum Gasteiger partial charge on any atom is -0.506 e. The molecule has 0 fully saturated rings. The van der Waals surface area contributed by atoms with Gasteiger partial charge in [0.2, 0.25) is 0 Å². The SMILES string of the molecule is Oc1cc2ccccc2c2c1Oc1c(O)cc3ccccc3c1C2c1cc(I)c(O)c(I)c1. The largest absolute Gasteiger partial charge is 0.506 e. The van der Waals surface area contributed by atoms with E-state index in [1.165, 1.54) is 0 Å². The first kappa shape index (κ1) is 20.9. The maximum Gasteiger partial charge on any atom is 0.174 e. The Morgan fingerprint density at radius 1 is 0.636 bits per heavy atom. The highest BCUT2D eigenvalue weighted by molar-refractivity contribution is 14.1. The Morgan fingerprint density at radius 3 is 1.58 bits per heavy atom. The van der Waals surface area contributed by atoms with Crippen molar-refractivity contribution in [3.8, 4) is 28.7 Å². The summed E-state index contributed by atoms with van der Waals surface area (Å²) in [5.74, 6) is 0.643. The Balaban J connectivity index is 1.81. The van der Waals surface area contributed by atoms with Crippen molar-refractivity contribution in [2.45, 2.75) is 5.92 Å². The minimum atomic E-state index is -0.333. The molecule has 1 heterocycles. The molecule has 0 unspecified atom stereocenters. The van der Waals surface area contributed by atoms with Crippen LogP contribution in [-0.4, -0.2) is 15.3 Å². The summed E-state index contributed by atoms with van der Waals surface area (Å²) in [5, 5.41) is 36.1. The fourth-order valence-corrected chi connectivity index (χ4v) is 6.62. The Morgan fingerprint density at radius 2 is 1.09 bits per heavy atom. The zero-order valence-corrected chi connectivity index (χ0v) is 21.3. The number of halogens is 2. The minimum absolute atomic E-state index is 0.0232. The molecular formula is C27H16I2O4. The van der Waals surface area contributed by atoms with E-state index in [2.05, 4.69) is 45.2 Å². The Bertz CT molecular complexity index is 1500. The van der Waals surface area contributed by atoms with E-state index in [-0.39, 0.29) is 23.2 Å². The molecule has 0 bridgehead atoms. The van der Waals surface area contributed by atoms with Crippen LogP contribution in [0.1, 0.15) is 22.6 Å². The van der Waals surface area contributed by atoms with Gasteiger partial charge in [0.25, 0.3) is 0 Å². The standard InChI is InChI=1S/C27H16I2O4/c28-18-9-15(10-19(29)25(18)32)22-23-16-7-3-1-5-13(16)11-20(30)26(23)33-27-21(31)12-14-6-2-4-8-17(14)24(22)27/h1-12,22,30-32H. The van der Waals surface area contributed by atoms with Crippen LogP contribution in [0.2, 0.25) is 0 Å². The lowest BCUT2D eigenvalue weighted by Crippen LogP contribution is -2.14. The van der Waals surface area contributed by atoms with E-state index in [1.54, 1.807) is 12.1 Å². The lowest BCUT2D eigenvalue weighted by Gasteiger charge is -2.32. The van der Waals surface area contributed by atoms with Gasteiger partial charge < -0.3 is 20.1 Å². The molecule has 5 aromatic carbocycles. The molecule has 162 valence electrons. The zero-order valence-electron chi connectivity index (χ0n) is 17.0. The molecule has 0 aliphatic carbocycles. The predicted octanol–water partition coefficient (Wildman–Crippen LogP) is 7.60. The maximum absolute atomic E-state index is 11.0. The number of benzene rings is 5. The van der Waals surface area contributed by atoms with Crippen LogP contribution in [0.25, 0.3) is 21.5 Å². The van der Waals surface area contributed by atoms with Crippen molar-refractivity contribution in [2.75, 3.05) is 0 Å². The van der Waals surface area contributed by atoms with Crippen molar-refractivity contribution < 1.29 is 20.1 Å². The van der Waals surface area contributed by atoms with Gasteiger partial charge in [0.15, 0.2) is 23.0 Å². The van der Waals surface area contributed by atoms with E-state index in [0.29, 0.717) is 11.5 Å². The van der Waals surface area contributed by atoms with Crippen molar-refractivity contribution in [3.05, 3.63) is 96.6 Å². The molecule has 6 rings (SSSR count). The summed E-state index contributed by atoms with van der Waals surface area (Å²) in [7, 11) is 0. The number of phenolic OH excluding ortho intramolecular Hbond substituents is 3. The number of hydrogen-bond acceptors (Lipinski definition) is 4. The summed E-state index contributed by atoms with van der Waals surface area (Å²) < 4.78 is 7.71.